The molecule has 1 fully saturated rings. The molecule has 1 aliphatic heterocycles. The van der Waals surface area contributed by atoms with Gasteiger partial charge >= 0.3 is 0 Å². The second-order valence-electron chi connectivity index (χ2n) is 6.93. The number of likely N-dealkylation sites (tertiary alicyclic amines) is 1. The van der Waals surface area contributed by atoms with Gasteiger partial charge in [0.05, 0.1) is 23.4 Å². The molecule has 0 aliphatic carbocycles. The second-order valence-corrected chi connectivity index (χ2v) is 6.93. The van der Waals surface area contributed by atoms with Gasteiger partial charge in [-0.05, 0) is 24.5 Å². The summed E-state index contributed by atoms with van der Waals surface area (Å²) in [4.78, 5) is 26.9. The molecule has 1 aliphatic rings. The highest BCUT2D eigenvalue weighted by Crippen LogP contribution is 2.33. The van der Waals surface area contributed by atoms with E-state index in [2.05, 4.69) is 31.5 Å². The maximum atomic E-state index is 12.7. The zero-order valence-electron chi connectivity index (χ0n) is 14.4. The van der Waals surface area contributed by atoms with Gasteiger partial charge < -0.3 is 9.88 Å². The van der Waals surface area contributed by atoms with Gasteiger partial charge in [0.1, 0.15) is 11.5 Å². The average Bonchev–Trinajstić information content (AvgIpc) is 3.40. The Morgan fingerprint density at radius 2 is 2.12 bits per heavy atom. The molecule has 0 aromatic carbocycles. The van der Waals surface area contributed by atoms with Crippen LogP contribution in [0.2, 0.25) is 0 Å². The number of rotatable bonds is 2. The van der Waals surface area contributed by atoms with Crippen molar-refractivity contribution < 1.29 is 4.79 Å². The lowest BCUT2D eigenvalue weighted by Crippen LogP contribution is -2.42. The predicted octanol–water partition coefficient (Wildman–Crippen LogP) is 2.20. The van der Waals surface area contributed by atoms with Gasteiger partial charge in [-0.3, -0.25) is 14.3 Å². The van der Waals surface area contributed by atoms with Crippen molar-refractivity contribution in [1.82, 2.24) is 34.4 Å². The third-order valence-electron chi connectivity index (χ3n) is 5.38. The fourth-order valence-electron chi connectivity index (χ4n) is 3.89. The van der Waals surface area contributed by atoms with Crippen molar-refractivity contribution in [2.24, 2.45) is 5.92 Å². The Balaban J connectivity index is 1.55. The summed E-state index contributed by atoms with van der Waals surface area (Å²) in [6, 6.07) is 3.73. The normalized spacial score (nSPS) is 20.9. The lowest BCUT2D eigenvalue weighted by atomic mass is 9.86. The molecule has 26 heavy (non-hydrogen) atoms. The van der Waals surface area contributed by atoms with Crippen LogP contribution < -0.4 is 0 Å². The summed E-state index contributed by atoms with van der Waals surface area (Å²) in [6.45, 7) is 3.62. The molecule has 5 rings (SSSR count). The number of nitrogens with one attached hydrogen (secondary N) is 2. The first kappa shape index (κ1) is 15.1. The van der Waals surface area contributed by atoms with E-state index in [-0.39, 0.29) is 11.8 Å². The van der Waals surface area contributed by atoms with E-state index in [0.29, 0.717) is 18.2 Å². The number of piperidine rings is 1. The molecular weight excluding hydrogens is 330 g/mol. The number of aromatic amines is 2. The summed E-state index contributed by atoms with van der Waals surface area (Å²) in [5.74, 6) is 1.55. The summed E-state index contributed by atoms with van der Waals surface area (Å²) in [6.07, 6.45) is 8.19. The maximum Gasteiger partial charge on any atom is 0.274 e. The molecule has 2 N–H and O–H groups in total. The fourth-order valence-corrected chi connectivity index (χ4v) is 3.89. The van der Waals surface area contributed by atoms with Gasteiger partial charge in [-0.1, -0.05) is 6.92 Å². The third-order valence-corrected chi connectivity index (χ3v) is 5.38. The third kappa shape index (κ3) is 2.22. The van der Waals surface area contributed by atoms with Gasteiger partial charge in [-0.15, -0.1) is 0 Å². The molecule has 132 valence electrons. The molecule has 2 atom stereocenters. The average molecular weight is 349 g/mol. The smallest absolute Gasteiger partial charge is 0.274 e. The van der Waals surface area contributed by atoms with Crippen LogP contribution in [0.4, 0.5) is 0 Å². The minimum absolute atomic E-state index is 0.0301. The van der Waals surface area contributed by atoms with E-state index in [1.807, 2.05) is 29.6 Å². The van der Waals surface area contributed by atoms with Crippen molar-refractivity contribution in [2.75, 3.05) is 13.1 Å². The van der Waals surface area contributed by atoms with Gasteiger partial charge in [0.25, 0.3) is 5.91 Å². The van der Waals surface area contributed by atoms with Crippen molar-refractivity contribution in [2.45, 2.75) is 19.3 Å². The van der Waals surface area contributed by atoms with E-state index < -0.39 is 0 Å². The number of imidazole rings is 1. The van der Waals surface area contributed by atoms with Gasteiger partial charge in [-0.25, -0.2) is 9.97 Å². The zero-order valence-corrected chi connectivity index (χ0v) is 14.4. The van der Waals surface area contributed by atoms with Crippen molar-refractivity contribution in [3.05, 3.63) is 48.4 Å². The SMILES string of the molecule is CC1CCN(C(=O)c2cc[nH]n2)CC1c1ncc2cnc3[nH]ccc3n12. The van der Waals surface area contributed by atoms with E-state index in [0.717, 1.165) is 35.5 Å². The van der Waals surface area contributed by atoms with Crippen molar-refractivity contribution in [3.8, 4) is 0 Å². The van der Waals surface area contributed by atoms with Crippen LogP contribution in [0.5, 0.6) is 0 Å². The van der Waals surface area contributed by atoms with Crippen LogP contribution in [-0.2, 0) is 0 Å². The monoisotopic (exact) mass is 349 g/mol. The molecule has 1 amide bonds. The van der Waals surface area contributed by atoms with Crippen molar-refractivity contribution in [1.29, 1.82) is 0 Å². The van der Waals surface area contributed by atoms with E-state index in [4.69, 9.17) is 4.98 Å². The Hall–Kier alpha value is -3.16. The maximum absolute atomic E-state index is 12.7. The number of fused-ring (bicyclic) bond motifs is 3. The standard InChI is InChI=1S/C18H19N7O/c1-11-4-7-24(18(26)14-2-6-22-23-14)10-13(11)17-21-9-12-8-20-16-15(25(12)17)3-5-19-16/h2-3,5-6,8-9,11,13,19H,4,7,10H2,1H3,(H,22,23). The summed E-state index contributed by atoms with van der Waals surface area (Å²) >= 11 is 0. The van der Waals surface area contributed by atoms with Crippen molar-refractivity contribution in [3.63, 3.8) is 0 Å². The summed E-state index contributed by atoms with van der Waals surface area (Å²) in [5, 5.41) is 6.75. The Labute approximate surface area is 149 Å². The minimum atomic E-state index is -0.0301. The highest BCUT2D eigenvalue weighted by molar-refractivity contribution is 5.92. The molecule has 2 unspecified atom stereocenters. The highest BCUT2D eigenvalue weighted by Gasteiger charge is 2.33. The lowest BCUT2D eigenvalue weighted by molar-refractivity contribution is 0.0659. The summed E-state index contributed by atoms with van der Waals surface area (Å²) < 4.78 is 2.16. The molecule has 0 saturated carbocycles. The fraction of sp³-hybridized carbons (Fsp3) is 0.333. The Bertz CT molecular complexity index is 1080. The predicted molar refractivity (Wildman–Crippen MR) is 95.9 cm³/mol. The van der Waals surface area contributed by atoms with E-state index in [9.17, 15) is 4.79 Å². The van der Waals surface area contributed by atoms with Crippen LogP contribution in [0.3, 0.4) is 0 Å². The van der Waals surface area contributed by atoms with E-state index in [1.165, 1.54) is 0 Å². The van der Waals surface area contributed by atoms with Crippen LogP contribution >= 0.6 is 0 Å². The molecular formula is C18H19N7O. The number of aromatic nitrogens is 6. The molecule has 4 aromatic heterocycles. The van der Waals surface area contributed by atoms with Crippen LogP contribution in [0, 0.1) is 5.92 Å². The van der Waals surface area contributed by atoms with Crippen LogP contribution in [0.1, 0.15) is 35.6 Å². The molecule has 1 saturated heterocycles. The van der Waals surface area contributed by atoms with Crippen LogP contribution in [-0.4, -0.2) is 53.4 Å². The number of carbonyl (C=O) groups is 1. The molecule has 5 heterocycles. The van der Waals surface area contributed by atoms with E-state index >= 15 is 0 Å². The number of H-pyrrole nitrogens is 2. The molecule has 8 nitrogen and oxygen atoms in total. The van der Waals surface area contributed by atoms with E-state index in [1.54, 1.807) is 12.3 Å². The minimum Gasteiger partial charge on any atom is -0.345 e. The second kappa shape index (κ2) is 5.69. The molecule has 0 spiro atoms. The Morgan fingerprint density at radius 1 is 1.23 bits per heavy atom. The molecule has 0 radical (unpaired) electrons. The number of amides is 1. The number of hydrogen-bond donors (Lipinski definition) is 2. The van der Waals surface area contributed by atoms with Gasteiger partial charge in [0, 0.05) is 31.4 Å². The molecule has 8 heteroatoms. The highest BCUT2D eigenvalue weighted by atomic mass is 16.2. The number of hydrogen-bond acceptors (Lipinski definition) is 4. The summed E-state index contributed by atoms with van der Waals surface area (Å²) in [5.41, 5.74) is 3.28. The van der Waals surface area contributed by atoms with Gasteiger partial charge in [0.15, 0.2) is 5.65 Å². The Kier molecular flexibility index (Phi) is 3.31. The zero-order chi connectivity index (χ0) is 17.7. The number of carbonyl (C=O) groups excluding carboxylic acids is 1. The largest absolute Gasteiger partial charge is 0.345 e. The van der Waals surface area contributed by atoms with Gasteiger partial charge in [-0.2, -0.15) is 5.10 Å². The van der Waals surface area contributed by atoms with Crippen molar-refractivity contribution >= 4 is 22.6 Å². The van der Waals surface area contributed by atoms with Crippen LogP contribution in [0.25, 0.3) is 16.7 Å². The topological polar surface area (TPSA) is 95.0 Å². The first-order chi connectivity index (χ1) is 12.7. The quantitative estimate of drug-likeness (QED) is 0.580. The van der Waals surface area contributed by atoms with Crippen LogP contribution in [0.15, 0.2) is 36.9 Å². The first-order valence-corrected chi connectivity index (χ1v) is 8.81. The molecule has 0 bridgehead atoms. The number of nitrogens with zero attached hydrogens (tertiary/aromatic N) is 5. The van der Waals surface area contributed by atoms with Gasteiger partial charge in [0.2, 0.25) is 0 Å². The Morgan fingerprint density at radius 3 is 2.96 bits per heavy atom. The first-order valence-electron chi connectivity index (χ1n) is 8.81. The summed E-state index contributed by atoms with van der Waals surface area (Å²) in [7, 11) is 0. The lowest BCUT2D eigenvalue weighted by Gasteiger charge is -2.36. The molecule has 4 aromatic rings.